The fraction of sp³-hybridized carbons (Fsp3) is 0.327. The Hall–Kier alpha value is -9.10. The highest BCUT2D eigenvalue weighted by atomic mass is 19.4. The molecule has 0 aliphatic heterocycles. The number of ether oxygens (including phenoxy) is 6. The number of hydrogen-bond donors (Lipinski definition) is 0. The lowest BCUT2D eigenvalue weighted by Gasteiger charge is -2.15. The third kappa shape index (κ3) is 12.5. The second-order valence-electron chi connectivity index (χ2n) is 18.5. The van der Waals surface area contributed by atoms with Gasteiger partial charge in [-0.1, -0.05) is 30.3 Å². The van der Waals surface area contributed by atoms with E-state index in [0.29, 0.717) is 51.6 Å². The Bertz CT molecular complexity index is 3640. The van der Waals surface area contributed by atoms with Crippen molar-refractivity contribution in [3.63, 3.8) is 0 Å². The van der Waals surface area contributed by atoms with Crippen molar-refractivity contribution in [3.05, 3.63) is 125 Å². The summed E-state index contributed by atoms with van der Waals surface area (Å²) < 4.78 is 130. The number of hydrogen-bond acceptors (Lipinski definition) is 17. The molecule has 0 N–H and O–H groups in total. The molecule has 6 aromatic heterocycles. The van der Waals surface area contributed by atoms with Crippen LogP contribution in [0.15, 0.2) is 84.9 Å². The van der Waals surface area contributed by atoms with Crippen molar-refractivity contribution >= 4 is 11.8 Å². The highest BCUT2D eigenvalue weighted by Gasteiger charge is 2.37. The molecule has 0 radical (unpaired) electrons. The van der Waals surface area contributed by atoms with Crippen LogP contribution in [-0.4, -0.2) is 101 Å². The Morgan fingerprint density at radius 2 is 1.16 bits per heavy atom. The monoisotopic (exact) mass is 1120 g/mol. The van der Waals surface area contributed by atoms with Crippen molar-refractivity contribution in [2.75, 3.05) is 35.5 Å². The largest absolute Gasteiger partial charge is 0.496 e. The number of aliphatic imine (C=N–C) groups is 1. The Kier molecular flexibility index (Phi) is 16.6. The molecule has 81 heavy (non-hydrogen) atoms. The molecule has 0 spiro atoms. The van der Waals surface area contributed by atoms with E-state index in [1.165, 1.54) is 64.9 Å². The van der Waals surface area contributed by atoms with Crippen LogP contribution in [0.4, 0.5) is 30.7 Å². The van der Waals surface area contributed by atoms with Crippen LogP contribution in [0.5, 0.6) is 35.0 Å². The van der Waals surface area contributed by atoms with E-state index < -0.39 is 29.6 Å². The summed E-state index contributed by atoms with van der Waals surface area (Å²) in [6.45, 7) is 1.82. The topological polar surface area (TPSA) is 206 Å². The summed E-state index contributed by atoms with van der Waals surface area (Å²) in [5, 5.41) is 0. The van der Waals surface area contributed by atoms with E-state index in [-0.39, 0.29) is 65.1 Å². The zero-order chi connectivity index (χ0) is 57.8. The molecule has 10 rings (SSSR count). The summed E-state index contributed by atoms with van der Waals surface area (Å²) in [6, 6.07) is 9.37. The number of aromatic nitrogens is 12. The van der Waals surface area contributed by atoms with E-state index in [9.17, 15) is 26.3 Å². The van der Waals surface area contributed by atoms with Gasteiger partial charge < -0.3 is 37.6 Å². The van der Waals surface area contributed by atoms with E-state index >= 15 is 4.39 Å². The smallest absolute Gasteiger partial charge is 0.434 e. The average Bonchev–Trinajstić information content (AvgIpc) is 4.54. The molecular weight excluding hydrogens is 1070 g/mol. The standard InChI is InChI=1S/C29H28F3N7O2.C26H24F4N6O4/c1-5-18(12-33-2)21-13-34-25(23-24(19-10-11-19)35-16-36-28(23)40-4)38-27(21)41-15-17-6-8-20(9-7-17)26-37-22(14-39(26)3)29(30,31)32;1-36-10-19(26(28,29)30)34-23(36)15-8-17(37-2)14(7-16(15)27)11-40-24-18(38-3)9-31-22(35-24)20-21(13-5-6-13)32-12-33-25(20)39-4/h5-9,12-14,16,19H,10-11,15H2,1-4H3;7-10,12-13H,5-6,11H2,1-4H3/b18-5+,33-12?;. The number of rotatable bonds is 18. The van der Waals surface area contributed by atoms with Gasteiger partial charge in [0.1, 0.15) is 60.2 Å². The summed E-state index contributed by atoms with van der Waals surface area (Å²) in [5.74, 6) is 1.90. The van der Waals surface area contributed by atoms with Crippen LogP contribution in [0.2, 0.25) is 0 Å². The second kappa shape index (κ2) is 23.7. The summed E-state index contributed by atoms with van der Waals surface area (Å²) in [5.41, 5.74) is 3.60. The van der Waals surface area contributed by atoms with Crippen LogP contribution in [-0.2, 0) is 39.7 Å². The van der Waals surface area contributed by atoms with Gasteiger partial charge in [0.15, 0.2) is 28.8 Å². The molecule has 0 amide bonds. The second-order valence-corrected chi connectivity index (χ2v) is 18.5. The molecule has 0 bridgehead atoms. The lowest BCUT2D eigenvalue weighted by atomic mass is 10.1. The zero-order valence-electron chi connectivity index (χ0n) is 44.9. The summed E-state index contributed by atoms with van der Waals surface area (Å²) in [4.78, 5) is 47.1. The van der Waals surface area contributed by atoms with Gasteiger partial charge >= 0.3 is 12.4 Å². The molecule has 2 saturated carbocycles. The molecule has 422 valence electrons. The number of nitrogens with zero attached hydrogens (tertiary/aromatic N) is 13. The molecule has 0 atom stereocenters. The number of imidazole rings is 2. The lowest BCUT2D eigenvalue weighted by Crippen LogP contribution is -2.07. The molecule has 2 aromatic carbocycles. The van der Waals surface area contributed by atoms with E-state index in [1.54, 1.807) is 50.8 Å². The van der Waals surface area contributed by atoms with Crippen LogP contribution >= 0.6 is 0 Å². The highest BCUT2D eigenvalue weighted by Crippen LogP contribution is 2.47. The number of aryl methyl sites for hydroxylation is 2. The van der Waals surface area contributed by atoms with Gasteiger partial charge in [0, 0.05) is 74.5 Å². The maximum Gasteiger partial charge on any atom is 0.434 e. The van der Waals surface area contributed by atoms with Crippen molar-refractivity contribution in [1.29, 1.82) is 0 Å². The van der Waals surface area contributed by atoms with Gasteiger partial charge in [-0.15, -0.1) is 0 Å². The first-order valence-corrected chi connectivity index (χ1v) is 25.0. The van der Waals surface area contributed by atoms with Gasteiger partial charge in [-0.3, -0.25) is 4.99 Å². The predicted octanol–water partition coefficient (Wildman–Crippen LogP) is 10.9. The Morgan fingerprint density at radius 1 is 0.630 bits per heavy atom. The van der Waals surface area contributed by atoms with Crippen molar-refractivity contribution < 1.29 is 59.2 Å². The zero-order valence-corrected chi connectivity index (χ0v) is 44.9. The molecule has 2 aliphatic rings. The fourth-order valence-electron chi connectivity index (χ4n) is 8.62. The van der Waals surface area contributed by atoms with Gasteiger partial charge in [0.05, 0.1) is 57.2 Å². The van der Waals surface area contributed by atoms with Gasteiger partial charge in [0.25, 0.3) is 5.88 Å². The number of benzene rings is 2. The van der Waals surface area contributed by atoms with E-state index in [2.05, 4.69) is 49.8 Å². The number of allylic oxidation sites excluding steroid dienone is 2. The Morgan fingerprint density at radius 3 is 1.67 bits per heavy atom. The maximum atomic E-state index is 15.2. The molecule has 2 aliphatic carbocycles. The van der Waals surface area contributed by atoms with Gasteiger partial charge in [-0.05, 0) is 50.3 Å². The van der Waals surface area contributed by atoms with Crippen LogP contribution in [0, 0.1) is 5.82 Å². The predicted molar refractivity (Wildman–Crippen MR) is 280 cm³/mol. The van der Waals surface area contributed by atoms with Crippen LogP contribution < -0.4 is 28.4 Å². The van der Waals surface area contributed by atoms with E-state index in [4.69, 9.17) is 33.4 Å². The first-order chi connectivity index (χ1) is 38.9. The Labute approximate surface area is 459 Å². The van der Waals surface area contributed by atoms with Crippen molar-refractivity contribution in [2.45, 2.75) is 70.0 Å². The molecule has 0 saturated heterocycles. The average molecular weight is 1120 g/mol. The molecule has 19 nitrogen and oxygen atoms in total. The minimum absolute atomic E-state index is 0.0608. The minimum Gasteiger partial charge on any atom is -0.496 e. The molecule has 6 heterocycles. The van der Waals surface area contributed by atoms with Crippen molar-refractivity contribution in [1.82, 2.24) is 59.0 Å². The lowest BCUT2D eigenvalue weighted by molar-refractivity contribution is -0.141. The third-order valence-electron chi connectivity index (χ3n) is 12.9. The highest BCUT2D eigenvalue weighted by molar-refractivity contribution is 6.10. The maximum absolute atomic E-state index is 15.2. The van der Waals surface area contributed by atoms with Crippen LogP contribution in [0.25, 0.3) is 51.1 Å². The van der Waals surface area contributed by atoms with Crippen molar-refractivity contribution in [3.8, 4) is 80.6 Å². The van der Waals surface area contributed by atoms with Gasteiger partial charge in [-0.25, -0.2) is 44.3 Å². The molecule has 8 aromatic rings. The fourth-order valence-corrected chi connectivity index (χ4v) is 8.62. The minimum atomic E-state index is -4.67. The van der Waals surface area contributed by atoms with Crippen LogP contribution in [0.1, 0.15) is 83.9 Å². The third-order valence-corrected chi connectivity index (χ3v) is 12.9. The van der Waals surface area contributed by atoms with Gasteiger partial charge in [0.2, 0.25) is 17.6 Å². The summed E-state index contributed by atoms with van der Waals surface area (Å²) >= 11 is 0. The molecule has 0 unspecified atom stereocenters. The molecule has 26 heteroatoms. The number of halogens is 7. The van der Waals surface area contributed by atoms with E-state index in [0.717, 1.165) is 71.2 Å². The SMILES string of the molecule is C/C=C(\C=NC)c1cnc(-c2c(OC)ncnc2C2CC2)nc1OCc1ccc(-c2nc(C(F)(F)F)cn2C)cc1.COc1cc(-c2nc(C(F)(F)F)cn2C)c(F)cc1COc1nc(-c2c(OC)ncnc2C2CC2)ncc1OC. The van der Waals surface area contributed by atoms with Crippen LogP contribution in [0.3, 0.4) is 0 Å². The first kappa shape index (κ1) is 56.6. The summed E-state index contributed by atoms with van der Waals surface area (Å²) in [6.07, 6.45) is 6.18. The van der Waals surface area contributed by atoms with E-state index in [1.807, 2.05) is 13.0 Å². The first-order valence-electron chi connectivity index (χ1n) is 25.0. The molecular formula is C55H52F7N13O6. The number of methoxy groups -OCH3 is 4. The Balaban J connectivity index is 0.000000196. The van der Waals surface area contributed by atoms with Gasteiger partial charge in [-0.2, -0.15) is 36.3 Å². The quantitative estimate of drug-likeness (QED) is 0.0578. The number of alkyl halides is 6. The van der Waals surface area contributed by atoms with Crippen molar-refractivity contribution in [2.24, 2.45) is 19.1 Å². The summed E-state index contributed by atoms with van der Waals surface area (Å²) in [7, 11) is 10.4. The molecule has 2 fully saturated rings. The normalized spacial score (nSPS) is 13.7.